The number of benzene rings is 2. The number of aromatic hydroxyl groups is 1. The van der Waals surface area contributed by atoms with E-state index in [-0.39, 0.29) is 24.9 Å². The molecule has 2 aliphatic heterocycles. The summed E-state index contributed by atoms with van der Waals surface area (Å²) in [5.41, 5.74) is 0.371. The van der Waals surface area contributed by atoms with Gasteiger partial charge in [0.25, 0.3) is 0 Å². The Morgan fingerprint density at radius 2 is 1.94 bits per heavy atom. The van der Waals surface area contributed by atoms with Crippen LogP contribution in [0.2, 0.25) is 0 Å². The number of alkyl halides is 2. The van der Waals surface area contributed by atoms with E-state index in [0.717, 1.165) is 42.1 Å². The maximum atomic E-state index is 14.8. The van der Waals surface area contributed by atoms with Crippen LogP contribution in [0.4, 0.5) is 8.78 Å². The average molecular weight is 455 g/mol. The van der Waals surface area contributed by atoms with Crippen LogP contribution in [0.25, 0.3) is 0 Å². The monoisotopic (exact) mass is 454 g/mol. The van der Waals surface area contributed by atoms with Gasteiger partial charge < -0.3 is 9.84 Å². The highest BCUT2D eigenvalue weighted by Gasteiger charge is 2.45. The molecule has 0 amide bonds. The van der Waals surface area contributed by atoms with Gasteiger partial charge in [-0.2, -0.15) is 0 Å². The van der Waals surface area contributed by atoms with Gasteiger partial charge in [0.1, 0.15) is 29.3 Å². The molecule has 1 N–H and O–H groups in total. The molecule has 33 heavy (non-hydrogen) atoms. The van der Waals surface area contributed by atoms with Crippen LogP contribution < -0.4 is 4.74 Å². The predicted molar refractivity (Wildman–Crippen MR) is 126 cm³/mol. The smallest absolute Gasteiger partial charge is 0.134 e. The molecular formula is C27H32F2N2O2. The third-order valence-electron chi connectivity index (χ3n) is 6.58. The van der Waals surface area contributed by atoms with Crippen molar-refractivity contribution < 1.29 is 18.6 Å². The molecule has 1 atom stereocenters. The Kier molecular flexibility index (Phi) is 6.65. The number of ether oxygens (including phenoxy) is 1. The van der Waals surface area contributed by atoms with E-state index < -0.39 is 11.2 Å². The molecule has 0 saturated carbocycles. The summed E-state index contributed by atoms with van der Waals surface area (Å²) in [6, 6.07) is 12.9. The predicted octanol–water partition coefficient (Wildman–Crippen LogP) is 4.16. The van der Waals surface area contributed by atoms with E-state index in [4.69, 9.17) is 11.2 Å². The van der Waals surface area contributed by atoms with Gasteiger partial charge in [0.15, 0.2) is 0 Å². The first-order chi connectivity index (χ1) is 15.7. The highest BCUT2D eigenvalue weighted by Crippen LogP contribution is 2.43. The summed E-state index contributed by atoms with van der Waals surface area (Å²) < 4.78 is 33.2. The van der Waals surface area contributed by atoms with E-state index >= 15 is 0 Å². The lowest BCUT2D eigenvalue weighted by Gasteiger charge is -2.47. The minimum atomic E-state index is -1.42. The lowest BCUT2D eigenvalue weighted by Crippen LogP contribution is -2.54. The number of hydrogen-bond acceptors (Lipinski definition) is 4. The number of phenolic OH excluding ortho intramolecular Hbond substituents is 1. The van der Waals surface area contributed by atoms with Crippen LogP contribution in [0, 0.1) is 18.3 Å². The molecule has 6 heteroatoms. The van der Waals surface area contributed by atoms with Crippen LogP contribution in [-0.4, -0.2) is 66.6 Å². The van der Waals surface area contributed by atoms with Crippen molar-refractivity contribution in [3.63, 3.8) is 0 Å². The number of hydrogen-bond donors (Lipinski definition) is 1. The van der Waals surface area contributed by atoms with E-state index in [1.807, 2.05) is 35.2 Å². The minimum Gasteiger partial charge on any atom is -0.508 e. The van der Waals surface area contributed by atoms with Gasteiger partial charge in [-0.05, 0) is 61.2 Å². The van der Waals surface area contributed by atoms with E-state index in [1.54, 1.807) is 26.0 Å². The molecule has 1 fully saturated rings. The Bertz CT molecular complexity index is 1010. The van der Waals surface area contributed by atoms with Gasteiger partial charge in [0.05, 0.1) is 6.67 Å². The van der Waals surface area contributed by atoms with Crippen LogP contribution >= 0.6 is 0 Å². The Morgan fingerprint density at radius 1 is 1.21 bits per heavy atom. The fourth-order valence-electron chi connectivity index (χ4n) is 5.02. The Hall–Kier alpha value is -2.62. The summed E-state index contributed by atoms with van der Waals surface area (Å²) in [6.07, 6.45) is 6.87. The van der Waals surface area contributed by atoms with Crippen molar-refractivity contribution in [3.8, 4) is 23.8 Å². The zero-order chi connectivity index (χ0) is 23.6. The Labute approximate surface area is 195 Å². The number of nitrogens with zero attached hydrogens (tertiary/aromatic N) is 2. The summed E-state index contributed by atoms with van der Waals surface area (Å²) in [6.45, 7) is 6.52. The van der Waals surface area contributed by atoms with Gasteiger partial charge in [-0.15, -0.1) is 6.42 Å². The van der Waals surface area contributed by atoms with Crippen LogP contribution in [0.3, 0.4) is 0 Å². The Balaban J connectivity index is 1.57. The summed E-state index contributed by atoms with van der Waals surface area (Å²) in [5.74, 6) is 4.08. The minimum absolute atomic E-state index is 0.168. The van der Waals surface area contributed by atoms with Gasteiger partial charge in [0, 0.05) is 38.6 Å². The first-order valence-corrected chi connectivity index (χ1v) is 11.5. The zero-order valence-corrected chi connectivity index (χ0v) is 19.4. The van der Waals surface area contributed by atoms with Gasteiger partial charge in [-0.25, -0.2) is 4.39 Å². The molecule has 2 aromatic carbocycles. The first-order valence-electron chi connectivity index (χ1n) is 11.5. The normalized spacial score (nSPS) is 21.8. The number of fused-ring (bicyclic) bond motifs is 1. The molecule has 0 bridgehead atoms. The van der Waals surface area contributed by atoms with E-state index in [9.17, 15) is 13.9 Å². The van der Waals surface area contributed by atoms with Gasteiger partial charge >= 0.3 is 0 Å². The average Bonchev–Trinajstić information content (AvgIpc) is 2.75. The number of phenols is 1. The van der Waals surface area contributed by atoms with Crippen molar-refractivity contribution in [3.05, 3.63) is 59.2 Å². The molecule has 2 heterocycles. The fraction of sp³-hybridized carbons (Fsp3) is 0.481. The van der Waals surface area contributed by atoms with Crippen molar-refractivity contribution in [1.82, 2.24) is 9.80 Å². The third-order valence-corrected chi connectivity index (χ3v) is 6.58. The molecule has 2 aromatic rings. The third kappa shape index (κ3) is 4.85. The summed E-state index contributed by atoms with van der Waals surface area (Å²) in [7, 11) is 0. The molecule has 0 aliphatic carbocycles. The molecule has 0 spiro atoms. The van der Waals surface area contributed by atoms with Crippen LogP contribution in [0.1, 0.15) is 30.5 Å². The number of likely N-dealkylation sites (tertiary alicyclic amines) is 1. The number of terminal acetylenes is 1. The van der Waals surface area contributed by atoms with Crippen molar-refractivity contribution in [2.45, 2.75) is 31.5 Å². The zero-order valence-electron chi connectivity index (χ0n) is 19.4. The van der Waals surface area contributed by atoms with E-state index in [2.05, 4.69) is 10.8 Å². The molecule has 4 rings (SSSR count). The molecule has 2 aliphatic rings. The van der Waals surface area contributed by atoms with Crippen LogP contribution in [0.15, 0.2) is 42.5 Å². The van der Waals surface area contributed by atoms with Crippen LogP contribution in [0.5, 0.6) is 11.5 Å². The quantitative estimate of drug-likeness (QED) is 0.608. The molecule has 176 valence electrons. The molecular weight excluding hydrogens is 422 g/mol. The molecule has 4 nitrogen and oxygen atoms in total. The lowest BCUT2D eigenvalue weighted by molar-refractivity contribution is 0.0667. The van der Waals surface area contributed by atoms with Crippen molar-refractivity contribution in [1.29, 1.82) is 0 Å². The molecule has 0 radical (unpaired) electrons. The number of rotatable bonds is 8. The van der Waals surface area contributed by atoms with Crippen molar-refractivity contribution in [2.75, 3.05) is 46.0 Å². The molecule has 1 saturated heterocycles. The highest BCUT2D eigenvalue weighted by molar-refractivity contribution is 5.54. The first kappa shape index (κ1) is 23.5. The second-order valence-corrected chi connectivity index (χ2v) is 9.74. The SMILES string of the molecule is C#C[C@]1(c2ccc(OCCN3CC(CF)C3)cc2)c2ccc(O)cc2CCN1CC(C)(C)F. The lowest BCUT2D eigenvalue weighted by atomic mass is 9.75. The fourth-order valence-corrected chi connectivity index (χ4v) is 5.02. The second kappa shape index (κ2) is 9.32. The summed E-state index contributed by atoms with van der Waals surface area (Å²) in [4.78, 5) is 4.20. The van der Waals surface area contributed by atoms with Gasteiger partial charge in [0.2, 0.25) is 0 Å². The van der Waals surface area contributed by atoms with E-state index in [0.29, 0.717) is 19.6 Å². The van der Waals surface area contributed by atoms with Crippen LogP contribution in [-0.2, 0) is 12.0 Å². The van der Waals surface area contributed by atoms with Crippen molar-refractivity contribution in [2.24, 2.45) is 5.92 Å². The van der Waals surface area contributed by atoms with E-state index in [1.165, 1.54) is 0 Å². The summed E-state index contributed by atoms with van der Waals surface area (Å²) >= 11 is 0. The maximum Gasteiger partial charge on any atom is 0.134 e. The number of halogens is 2. The van der Waals surface area contributed by atoms with Gasteiger partial charge in [-0.3, -0.25) is 14.2 Å². The second-order valence-electron chi connectivity index (χ2n) is 9.74. The maximum absolute atomic E-state index is 14.8. The summed E-state index contributed by atoms with van der Waals surface area (Å²) in [5, 5.41) is 10.00. The molecule has 0 unspecified atom stereocenters. The topological polar surface area (TPSA) is 35.9 Å². The van der Waals surface area contributed by atoms with Crippen molar-refractivity contribution >= 4 is 0 Å². The highest BCUT2D eigenvalue weighted by atomic mass is 19.1. The largest absolute Gasteiger partial charge is 0.508 e. The standard InChI is InChI=1S/C27H32F2N2O2/c1-4-27(22-5-8-24(9-6-22)33-14-13-30-17-20(16-28)18-30)25-10-7-23(32)15-21(25)11-12-31(27)19-26(2,3)29/h1,5-10,15,20,32H,11-14,16-19H2,2-3H3/t27-/m0/s1. The molecule has 0 aromatic heterocycles. The van der Waals surface area contributed by atoms with Gasteiger partial charge in [-0.1, -0.05) is 24.1 Å². The Morgan fingerprint density at radius 3 is 2.58 bits per heavy atom.